The van der Waals surface area contributed by atoms with E-state index < -0.39 is 6.10 Å². The second-order valence-electron chi connectivity index (χ2n) is 3.20. The topological polar surface area (TPSA) is 46.5 Å². The van der Waals surface area contributed by atoms with Crippen LogP contribution in [-0.4, -0.2) is 34.8 Å². The van der Waals surface area contributed by atoms with E-state index in [0.717, 1.165) is 0 Å². The molecular weight excluding hydrogens is 176 g/mol. The molecular formula is C8H14O3S. The van der Waals surface area contributed by atoms with Crippen molar-refractivity contribution in [3.8, 4) is 0 Å². The number of ether oxygens (including phenoxy) is 1. The van der Waals surface area contributed by atoms with E-state index in [4.69, 9.17) is 4.74 Å². The quantitative estimate of drug-likeness (QED) is 0.650. The van der Waals surface area contributed by atoms with Crippen molar-refractivity contribution in [1.29, 1.82) is 0 Å². The Bertz CT molecular complexity index is 170. The highest BCUT2D eigenvalue weighted by Crippen LogP contribution is 2.25. The molecule has 1 heterocycles. The largest absolute Gasteiger partial charge is 0.463 e. The Balaban J connectivity index is 2.41. The molecule has 12 heavy (non-hydrogen) atoms. The summed E-state index contributed by atoms with van der Waals surface area (Å²) in [7, 11) is 0. The van der Waals surface area contributed by atoms with E-state index in [-0.39, 0.29) is 18.0 Å². The van der Waals surface area contributed by atoms with Gasteiger partial charge in [-0.15, -0.1) is 0 Å². The number of carbonyl (C=O) groups excluding carboxylic acids is 1. The maximum absolute atomic E-state index is 11.3. The number of esters is 1. The van der Waals surface area contributed by atoms with E-state index >= 15 is 0 Å². The zero-order chi connectivity index (χ0) is 9.14. The Labute approximate surface area is 76.5 Å². The summed E-state index contributed by atoms with van der Waals surface area (Å²) in [6.07, 6.45) is -0.600. The summed E-state index contributed by atoms with van der Waals surface area (Å²) in [6.45, 7) is 3.62. The zero-order valence-electron chi connectivity index (χ0n) is 7.32. The van der Waals surface area contributed by atoms with Gasteiger partial charge < -0.3 is 9.84 Å². The average molecular weight is 190 g/mol. The minimum absolute atomic E-state index is 0.0877. The lowest BCUT2D eigenvalue weighted by molar-refractivity contribution is -0.154. The third-order valence-electron chi connectivity index (χ3n) is 1.71. The molecule has 1 N–H and O–H groups in total. The van der Waals surface area contributed by atoms with Crippen molar-refractivity contribution in [3.63, 3.8) is 0 Å². The van der Waals surface area contributed by atoms with Crippen LogP contribution in [0.5, 0.6) is 0 Å². The molecule has 2 unspecified atom stereocenters. The van der Waals surface area contributed by atoms with Crippen LogP contribution >= 0.6 is 11.8 Å². The highest BCUT2D eigenvalue weighted by Gasteiger charge is 2.33. The predicted molar refractivity (Wildman–Crippen MR) is 48.0 cm³/mol. The summed E-state index contributed by atoms with van der Waals surface area (Å²) >= 11 is 1.59. The highest BCUT2D eigenvalue weighted by atomic mass is 32.2. The van der Waals surface area contributed by atoms with Crippen molar-refractivity contribution in [2.24, 2.45) is 5.92 Å². The van der Waals surface area contributed by atoms with E-state index in [1.165, 1.54) is 0 Å². The lowest BCUT2D eigenvalue weighted by Crippen LogP contribution is -2.29. The summed E-state index contributed by atoms with van der Waals surface area (Å²) < 4.78 is 4.99. The first-order chi connectivity index (χ1) is 5.61. The maximum atomic E-state index is 11.3. The Hall–Kier alpha value is -0.220. The Morgan fingerprint density at radius 1 is 1.58 bits per heavy atom. The van der Waals surface area contributed by atoms with E-state index in [1.807, 2.05) is 13.8 Å². The second-order valence-corrected chi connectivity index (χ2v) is 4.27. The average Bonchev–Trinajstić information content (AvgIpc) is 2.33. The maximum Gasteiger partial charge on any atom is 0.312 e. The minimum atomic E-state index is -0.513. The van der Waals surface area contributed by atoms with Gasteiger partial charge in [0.15, 0.2) is 0 Å². The number of rotatable bonds is 2. The van der Waals surface area contributed by atoms with E-state index in [2.05, 4.69) is 0 Å². The van der Waals surface area contributed by atoms with Gasteiger partial charge in [0.25, 0.3) is 0 Å². The number of carbonyl (C=O) groups is 1. The lowest BCUT2D eigenvalue weighted by Gasteiger charge is -2.14. The SMILES string of the molecule is CC(C)OC(=O)C1CSCC1O. The number of aliphatic hydroxyl groups excluding tert-OH is 1. The molecule has 0 spiro atoms. The van der Waals surface area contributed by atoms with Crippen molar-refractivity contribution in [1.82, 2.24) is 0 Å². The number of thioether (sulfide) groups is 1. The summed E-state index contributed by atoms with van der Waals surface area (Å²) in [5.41, 5.74) is 0. The van der Waals surface area contributed by atoms with Gasteiger partial charge in [-0.25, -0.2) is 0 Å². The lowest BCUT2D eigenvalue weighted by atomic mass is 10.1. The molecule has 0 aromatic heterocycles. The van der Waals surface area contributed by atoms with Gasteiger partial charge >= 0.3 is 5.97 Å². The Morgan fingerprint density at radius 2 is 2.25 bits per heavy atom. The van der Waals surface area contributed by atoms with E-state index in [0.29, 0.717) is 11.5 Å². The molecule has 0 radical (unpaired) electrons. The predicted octanol–water partition coefficient (Wildman–Crippen LogP) is 0.662. The summed E-state index contributed by atoms with van der Waals surface area (Å²) in [6, 6.07) is 0. The fourth-order valence-corrected chi connectivity index (χ4v) is 2.31. The van der Waals surface area contributed by atoms with Crippen LogP contribution in [0.2, 0.25) is 0 Å². The summed E-state index contributed by atoms with van der Waals surface area (Å²) in [5, 5.41) is 9.35. The van der Waals surface area contributed by atoms with Crippen molar-refractivity contribution in [3.05, 3.63) is 0 Å². The van der Waals surface area contributed by atoms with Gasteiger partial charge in [0, 0.05) is 11.5 Å². The van der Waals surface area contributed by atoms with Gasteiger partial charge in [0.2, 0.25) is 0 Å². The molecule has 3 nitrogen and oxygen atoms in total. The van der Waals surface area contributed by atoms with Crippen LogP contribution in [-0.2, 0) is 9.53 Å². The van der Waals surface area contributed by atoms with Crippen LogP contribution in [0.4, 0.5) is 0 Å². The van der Waals surface area contributed by atoms with Crippen LogP contribution in [0.3, 0.4) is 0 Å². The normalized spacial score (nSPS) is 29.3. The van der Waals surface area contributed by atoms with Gasteiger partial charge in [0.05, 0.1) is 18.1 Å². The van der Waals surface area contributed by atoms with Gasteiger partial charge in [0.1, 0.15) is 0 Å². The Morgan fingerprint density at radius 3 is 2.67 bits per heavy atom. The molecule has 0 bridgehead atoms. The van der Waals surface area contributed by atoms with Crippen molar-refractivity contribution in [2.75, 3.05) is 11.5 Å². The fraction of sp³-hybridized carbons (Fsp3) is 0.875. The third kappa shape index (κ3) is 2.38. The molecule has 2 atom stereocenters. The summed E-state index contributed by atoms with van der Waals surface area (Å²) in [4.78, 5) is 11.3. The van der Waals surface area contributed by atoms with Crippen molar-refractivity contribution < 1.29 is 14.6 Å². The van der Waals surface area contributed by atoms with Gasteiger partial charge in [-0.1, -0.05) is 0 Å². The first-order valence-electron chi connectivity index (χ1n) is 4.07. The van der Waals surface area contributed by atoms with Crippen molar-refractivity contribution in [2.45, 2.75) is 26.1 Å². The standard InChI is InChI=1S/C8H14O3S/c1-5(2)11-8(10)6-3-12-4-7(6)9/h5-7,9H,3-4H2,1-2H3. The van der Waals surface area contributed by atoms with E-state index in [9.17, 15) is 9.90 Å². The number of hydrogen-bond acceptors (Lipinski definition) is 4. The molecule has 4 heteroatoms. The Kier molecular flexibility index (Phi) is 3.40. The smallest absolute Gasteiger partial charge is 0.312 e. The molecule has 1 rings (SSSR count). The molecule has 1 aliphatic rings. The molecule has 70 valence electrons. The van der Waals surface area contributed by atoms with Crippen LogP contribution in [0.1, 0.15) is 13.8 Å². The second kappa shape index (κ2) is 4.14. The van der Waals surface area contributed by atoms with Crippen LogP contribution < -0.4 is 0 Å². The molecule has 0 aromatic carbocycles. The first kappa shape index (κ1) is 9.86. The molecule has 0 amide bonds. The zero-order valence-corrected chi connectivity index (χ0v) is 8.13. The molecule has 0 saturated carbocycles. The first-order valence-corrected chi connectivity index (χ1v) is 5.23. The molecule has 1 saturated heterocycles. The molecule has 0 aliphatic carbocycles. The van der Waals surface area contributed by atoms with Gasteiger partial charge in [-0.3, -0.25) is 4.79 Å². The molecule has 1 aliphatic heterocycles. The number of aliphatic hydroxyl groups is 1. The van der Waals surface area contributed by atoms with Crippen LogP contribution in [0.15, 0.2) is 0 Å². The third-order valence-corrected chi connectivity index (χ3v) is 2.88. The fourth-order valence-electron chi connectivity index (χ4n) is 1.09. The van der Waals surface area contributed by atoms with Gasteiger partial charge in [-0.2, -0.15) is 11.8 Å². The summed E-state index contributed by atoms with van der Waals surface area (Å²) in [5.74, 6) is 0.768. The molecule has 0 aromatic rings. The number of hydrogen-bond donors (Lipinski definition) is 1. The minimum Gasteiger partial charge on any atom is -0.463 e. The van der Waals surface area contributed by atoms with E-state index in [1.54, 1.807) is 11.8 Å². The van der Waals surface area contributed by atoms with Crippen molar-refractivity contribution >= 4 is 17.7 Å². The van der Waals surface area contributed by atoms with Crippen LogP contribution in [0, 0.1) is 5.92 Å². The molecule has 1 fully saturated rings. The van der Waals surface area contributed by atoms with Gasteiger partial charge in [-0.05, 0) is 13.8 Å². The monoisotopic (exact) mass is 190 g/mol. The van der Waals surface area contributed by atoms with Crippen LogP contribution in [0.25, 0.3) is 0 Å². The highest BCUT2D eigenvalue weighted by molar-refractivity contribution is 7.99.